The van der Waals surface area contributed by atoms with E-state index in [1.165, 1.54) is 10.6 Å². The van der Waals surface area contributed by atoms with Crippen molar-refractivity contribution < 1.29 is 13.6 Å². The molecule has 0 saturated carbocycles. The molecular weight excluding hydrogens is 260 g/mol. The fourth-order valence-corrected chi connectivity index (χ4v) is 2.32. The largest absolute Gasteiger partial charge is 0.307 e. The standard InChI is InChI=1S/C12H9F2NO2S/c1-7-6-18-12(17)15(7)5-10(16)11-8(13)3-2-4-9(11)14/h2-4,6H,5H2,1H3. The molecule has 0 atom stereocenters. The van der Waals surface area contributed by atoms with Gasteiger partial charge in [-0.1, -0.05) is 17.4 Å². The molecule has 0 fully saturated rings. The molecule has 3 nitrogen and oxygen atoms in total. The van der Waals surface area contributed by atoms with E-state index in [0.29, 0.717) is 5.69 Å². The van der Waals surface area contributed by atoms with Crippen LogP contribution in [-0.4, -0.2) is 10.4 Å². The Bertz CT molecular complexity index is 640. The second-order valence-corrected chi connectivity index (χ2v) is 4.57. The van der Waals surface area contributed by atoms with Gasteiger partial charge in [0.25, 0.3) is 0 Å². The highest BCUT2D eigenvalue weighted by Crippen LogP contribution is 2.14. The Balaban J connectivity index is 2.37. The molecule has 2 rings (SSSR count). The van der Waals surface area contributed by atoms with Crippen LogP contribution in [0, 0.1) is 18.6 Å². The Hall–Kier alpha value is -1.82. The number of thiazole rings is 1. The summed E-state index contributed by atoms with van der Waals surface area (Å²) in [6.07, 6.45) is 0. The lowest BCUT2D eigenvalue weighted by molar-refractivity contribution is 0.0962. The number of rotatable bonds is 3. The molecule has 94 valence electrons. The van der Waals surface area contributed by atoms with Crippen LogP contribution in [0.4, 0.5) is 8.78 Å². The van der Waals surface area contributed by atoms with E-state index in [0.717, 1.165) is 23.5 Å². The summed E-state index contributed by atoms with van der Waals surface area (Å²) in [6, 6.07) is 3.21. The molecule has 0 bridgehead atoms. The number of carbonyl (C=O) groups excluding carboxylic acids is 1. The number of carbonyl (C=O) groups is 1. The molecular formula is C12H9F2NO2S. The summed E-state index contributed by atoms with van der Waals surface area (Å²) in [4.78, 5) is 22.9. The molecule has 0 amide bonds. The molecule has 1 aromatic heterocycles. The third-order valence-electron chi connectivity index (χ3n) is 2.52. The first-order chi connectivity index (χ1) is 8.50. The van der Waals surface area contributed by atoms with E-state index in [1.807, 2.05) is 0 Å². The van der Waals surface area contributed by atoms with Crippen LogP contribution in [0.5, 0.6) is 0 Å². The molecule has 1 heterocycles. The lowest BCUT2D eigenvalue weighted by Gasteiger charge is -2.05. The van der Waals surface area contributed by atoms with Crippen molar-refractivity contribution in [1.82, 2.24) is 4.57 Å². The monoisotopic (exact) mass is 269 g/mol. The third kappa shape index (κ3) is 2.24. The van der Waals surface area contributed by atoms with E-state index in [9.17, 15) is 18.4 Å². The van der Waals surface area contributed by atoms with Crippen LogP contribution < -0.4 is 4.87 Å². The first-order valence-corrected chi connectivity index (χ1v) is 6.01. The van der Waals surface area contributed by atoms with Crippen LogP contribution in [0.1, 0.15) is 16.1 Å². The molecule has 0 aliphatic rings. The van der Waals surface area contributed by atoms with Gasteiger partial charge in [0.05, 0.1) is 12.1 Å². The highest BCUT2D eigenvalue weighted by atomic mass is 32.1. The van der Waals surface area contributed by atoms with Gasteiger partial charge in [-0.3, -0.25) is 14.2 Å². The van der Waals surface area contributed by atoms with E-state index in [2.05, 4.69) is 0 Å². The number of nitrogens with zero attached hydrogens (tertiary/aromatic N) is 1. The van der Waals surface area contributed by atoms with Gasteiger partial charge in [-0.2, -0.15) is 0 Å². The molecule has 0 aliphatic heterocycles. The minimum absolute atomic E-state index is 0.322. The van der Waals surface area contributed by atoms with Crippen LogP contribution in [0.2, 0.25) is 0 Å². The summed E-state index contributed by atoms with van der Waals surface area (Å²) in [7, 11) is 0. The topological polar surface area (TPSA) is 39.1 Å². The van der Waals surface area contributed by atoms with Gasteiger partial charge in [0, 0.05) is 11.1 Å². The number of hydrogen-bond acceptors (Lipinski definition) is 3. The number of aromatic nitrogens is 1. The van der Waals surface area contributed by atoms with Crippen LogP contribution in [0.3, 0.4) is 0 Å². The van der Waals surface area contributed by atoms with Crippen molar-refractivity contribution in [2.75, 3.05) is 0 Å². The van der Waals surface area contributed by atoms with Crippen molar-refractivity contribution in [3.05, 3.63) is 56.1 Å². The van der Waals surface area contributed by atoms with Gasteiger partial charge in [-0.15, -0.1) is 0 Å². The minimum atomic E-state index is -0.916. The van der Waals surface area contributed by atoms with Crippen molar-refractivity contribution in [2.45, 2.75) is 13.5 Å². The Morgan fingerprint density at radius 3 is 2.44 bits per heavy atom. The van der Waals surface area contributed by atoms with Gasteiger partial charge in [0.2, 0.25) is 0 Å². The predicted molar refractivity (Wildman–Crippen MR) is 64.0 cm³/mol. The number of halogens is 2. The van der Waals surface area contributed by atoms with E-state index >= 15 is 0 Å². The molecule has 1 aromatic carbocycles. The lowest BCUT2D eigenvalue weighted by atomic mass is 10.1. The summed E-state index contributed by atoms with van der Waals surface area (Å²) in [6.45, 7) is 1.30. The number of benzene rings is 1. The summed E-state index contributed by atoms with van der Waals surface area (Å²) in [5.74, 6) is -2.59. The van der Waals surface area contributed by atoms with E-state index in [4.69, 9.17) is 0 Å². The van der Waals surface area contributed by atoms with Crippen LogP contribution in [-0.2, 0) is 6.54 Å². The average molecular weight is 269 g/mol. The zero-order chi connectivity index (χ0) is 13.3. The Labute approximate surface area is 105 Å². The van der Waals surface area contributed by atoms with Crippen molar-refractivity contribution >= 4 is 17.1 Å². The lowest BCUT2D eigenvalue weighted by Crippen LogP contribution is -2.22. The molecule has 0 unspecified atom stereocenters. The molecule has 6 heteroatoms. The highest BCUT2D eigenvalue weighted by Gasteiger charge is 2.18. The third-order valence-corrected chi connectivity index (χ3v) is 3.40. The number of ketones is 1. The van der Waals surface area contributed by atoms with Gasteiger partial charge in [-0.05, 0) is 19.1 Å². The van der Waals surface area contributed by atoms with E-state index < -0.39 is 23.0 Å². The molecule has 0 saturated heterocycles. The first kappa shape index (κ1) is 12.6. The fourth-order valence-electron chi connectivity index (χ4n) is 1.58. The maximum absolute atomic E-state index is 13.4. The minimum Gasteiger partial charge on any atom is -0.296 e. The molecule has 0 aliphatic carbocycles. The number of hydrogen-bond donors (Lipinski definition) is 0. The second kappa shape index (κ2) is 4.81. The van der Waals surface area contributed by atoms with Gasteiger partial charge >= 0.3 is 4.87 Å². The van der Waals surface area contributed by atoms with Crippen molar-refractivity contribution in [2.24, 2.45) is 0 Å². The SMILES string of the molecule is Cc1csc(=O)n1CC(=O)c1c(F)cccc1F. The first-order valence-electron chi connectivity index (χ1n) is 5.13. The fraction of sp³-hybridized carbons (Fsp3) is 0.167. The molecule has 0 spiro atoms. The average Bonchev–Trinajstić information content (AvgIpc) is 2.60. The maximum atomic E-state index is 13.4. The number of aryl methyl sites for hydroxylation is 1. The highest BCUT2D eigenvalue weighted by molar-refractivity contribution is 7.07. The van der Waals surface area contributed by atoms with E-state index in [1.54, 1.807) is 12.3 Å². The predicted octanol–water partition coefficient (Wildman–Crippen LogP) is 2.38. The summed E-state index contributed by atoms with van der Waals surface area (Å²) >= 11 is 0.944. The normalized spacial score (nSPS) is 10.6. The van der Waals surface area contributed by atoms with Crippen molar-refractivity contribution in [3.8, 4) is 0 Å². The summed E-state index contributed by atoms with van der Waals surface area (Å²) in [5, 5.41) is 1.59. The van der Waals surface area contributed by atoms with Gasteiger partial charge < -0.3 is 0 Å². The second-order valence-electron chi connectivity index (χ2n) is 3.75. The molecule has 0 N–H and O–H groups in total. The zero-order valence-corrected chi connectivity index (χ0v) is 10.3. The summed E-state index contributed by atoms with van der Waals surface area (Å²) < 4.78 is 28.0. The van der Waals surface area contributed by atoms with Crippen LogP contribution in [0.25, 0.3) is 0 Å². The molecule has 18 heavy (non-hydrogen) atoms. The number of Topliss-reactive ketones (excluding diaryl/α,β-unsaturated/α-hetero) is 1. The maximum Gasteiger partial charge on any atom is 0.307 e. The van der Waals surface area contributed by atoms with Crippen LogP contribution in [0.15, 0.2) is 28.4 Å². The molecule has 0 radical (unpaired) electrons. The Morgan fingerprint density at radius 2 is 1.94 bits per heavy atom. The Kier molecular flexibility index (Phi) is 3.38. The van der Waals surface area contributed by atoms with Crippen LogP contribution >= 0.6 is 11.3 Å². The van der Waals surface area contributed by atoms with E-state index in [-0.39, 0.29) is 11.4 Å². The van der Waals surface area contributed by atoms with Gasteiger partial charge in [0.15, 0.2) is 5.78 Å². The quantitative estimate of drug-likeness (QED) is 0.802. The van der Waals surface area contributed by atoms with Gasteiger partial charge in [0.1, 0.15) is 11.6 Å². The smallest absolute Gasteiger partial charge is 0.296 e. The van der Waals surface area contributed by atoms with Crippen molar-refractivity contribution in [1.29, 1.82) is 0 Å². The zero-order valence-electron chi connectivity index (χ0n) is 9.44. The van der Waals surface area contributed by atoms with Crippen molar-refractivity contribution in [3.63, 3.8) is 0 Å². The van der Waals surface area contributed by atoms with Gasteiger partial charge in [-0.25, -0.2) is 8.78 Å². The summed E-state index contributed by atoms with van der Waals surface area (Å²) in [5.41, 5.74) is -0.00917. The molecule has 2 aromatic rings. The Morgan fingerprint density at radius 1 is 1.33 bits per heavy atom.